The number of hydrogen-bond acceptors (Lipinski definition) is 4. The van der Waals surface area contributed by atoms with Crippen LogP contribution >= 0.6 is 0 Å². The number of aromatic amines is 1. The number of aromatic nitrogens is 2. The number of para-hydroxylation sites is 2. The van der Waals surface area contributed by atoms with E-state index >= 15 is 0 Å². The molecular formula is C12H13N3O3. The number of methoxy groups -OCH3 is 1. The van der Waals surface area contributed by atoms with Crippen LogP contribution in [0.25, 0.3) is 0 Å². The van der Waals surface area contributed by atoms with Gasteiger partial charge in [0.25, 0.3) is 5.91 Å². The van der Waals surface area contributed by atoms with Crippen molar-refractivity contribution in [2.45, 2.75) is 0 Å². The van der Waals surface area contributed by atoms with Gasteiger partial charge in [0.15, 0.2) is 18.1 Å². The van der Waals surface area contributed by atoms with E-state index in [2.05, 4.69) is 15.5 Å². The van der Waals surface area contributed by atoms with Crippen molar-refractivity contribution in [2.24, 2.45) is 0 Å². The molecule has 1 aromatic heterocycles. The topological polar surface area (TPSA) is 76.2 Å². The molecule has 6 heteroatoms. The lowest BCUT2D eigenvalue weighted by Crippen LogP contribution is -2.20. The molecule has 18 heavy (non-hydrogen) atoms. The highest BCUT2D eigenvalue weighted by molar-refractivity contribution is 5.90. The lowest BCUT2D eigenvalue weighted by atomic mass is 10.3. The van der Waals surface area contributed by atoms with Gasteiger partial charge >= 0.3 is 0 Å². The molecule has 2 N–H and O–H groups in total. The summed E-state index contributed by atoms with van der Waals surface area (Å²) in [5, 5.41) is 8.95. The number of carbonyl (C=O) groups excluding carboxylic acids is 1. The Morgan fingerprint density at radius 1 is 1.33 bits per heavy atom. The van der Waals surface area contributed by atoms with E-state index < -0.39 is 0 Å². The van der Waals surface area contributed by atoms with Gasteiger partial charge in [0, 0.05) is 6.07 Å². The second-order valence-corrected chi connectivity index (χ2v) is 3.46. The van der Waals surface area contributed by atoms with E-state index in [0.29, 0.717) is 17.3 Å². The van der Waals surface area contributed by atoms with Crippen LogP contribution in [-0.4, -0.2) is 29.8 Å². The first-order valence-corrected chi connectivity index (χ1v) is 5.34. The molecule has 1 aromatic carbocycles. The minimum Gasteiger partial charge on any atom is -0.493 e. The van der Waals surface area contributed by atoms with Crippen LogP contribution in [0.2, 0.25) is 0 Å². The predicted octanol–water partition coefficient (Wildman–Crippen LogP) is 1.44. The molecule has 0 unspecified atom stereocenters. The van der Waals surface area contributed by atoms with Crippen molar-refractivity contribution in [3.8, 4) is 11.5 Å². The molecule has 0 aliphatic rings. The number of rotatable bonds is 5. The Labute approximate surface area is 104 Å². The highest BCUT2D eigenvalue weighted by atomic mass is 16.5. The molecule has 0 atom stereocenters. The van der Waals surface area contributed by atoms with Crippen molar-refractivity contribution in [3.63, 3.8) is 0 Å². The molecule has 0 saturated heterocycles. The Hall–Kier alpha value is -2.50. The molecule has 0 fully saturated rings. The van der Waals surface area contributed by atoms with Gasteiger partial charge < -0.3 is 14.8 Å². The Morgan fingerprint density at radius 2 is 2.11 bits per heavy atom. The van der Waals surface area contributed by atoms with Gasteiger partial charge in [-0.25, -0.2) is 0 Å². The van der Waals surface area contributed by atoms with Gasteiger partial charge in [0.1, 0.15) is 5.82 Å². The number of H-pyrrole nitrogens is 1. The van der Waals surface area contributed by atoms with E-state index in [0.717, 1.165) is 0 Å². The second kappa shape index (κ2) is 5.72. The summed E-state index contributed by atoms with van der Waals surface area (Å²) in [6.45, 7) is -0.0978. The third-order valence-electron chi connectivity index (χ3n) is 2.20. The molecule has 1 amide bonds. The fourth-order valence-electron chi connectivity index (χ4n) is 1.39. The van der Waals surface area contributed by atoms with E-state index in [1.807, 2.05) is 12.1 Å². The number of ether oxygens (including phenoxy) is 2. The van der Waals surface area contributed by atoms with Gasteiger partial charge in [-0.15, -0.1) is 0 Å². The standard InChI is InChI=1S/C12H13N3O3/c1-17-9-4-2-3-5-10(9)18-8-12(16)14-11-6-7-13-15-11/h2-7H,8H2,1H3,(H2,13,14,15,16). The Kier molecular flexibility index (Phi) is 3.80. The van der Waals surface area contributed by atoms with Crippen LogP contribution in [-0.2, 0) is 4.79 Å². The monoisotopic (exact) mass is 247 g/mol. The summed E-state index contributed by atoms with van der Waals surface area (Å²) < 4.78 is 10.5. The molecule has 0 bridgehead atoms. The third-order valence-corrected chi connectivity index (χ3v) is 2.20. The third kappa shape index (κ3) is 3.00. The largest absolute Gasteiger partial charge is 0.493 e. The first kappa shape index (κ1) is 12.0. The van der Waals surface area contributed by atoms with Gasteiger partial charge in [0.05, 0.1) is 13.3 Å². The lowest BCUT2D eigenvalue weighted by molar-refractivity contribution is -0.118. The van der Waals surface area contributed by atoms with Crippen molar-refractivity contribution in [1.82, 2.24) is 10.2 Å². The summed E-state index contributed by atoms with van der Waals surface area (Å²) in [5.41, 5.74) is 0. The molecule has 2 rings (SSSR count). The maximum absolute atomic E-state index is 11.6. The molecule has 1 heterocycles. The van der Waals surface area contributed by atoms with E-state index in [1.165, 1.54) is 0 Å². The minimum absolute atomic E-state index is 0.0978. The van der Waals surface area contributed by atoms with Crippen molar-refractivity contribution in [1.29, 1.82) is 0 Å². The van der Waals surface area contributed by atoms with Gasteiger partial charge in [0.2, 0.25) is 0 Å². The number of amides is 1. The van der Waals surface area contributed by atoms with Gasteiger partial charge in [-0.1, -0.05) is 12.1 Å². The summed E-state index contributed by atoms with van der Waals surface area (Å²) >= 11 is 0. The predicted molar refractivity (Wildman–Crippen MR) is 65.7 cm³/mol. The van der Waals surface area contributed by atoms with Gasteiger partial charge in [-0.05, 0) is 12.1 Å². The number of nitrogens with zero attached hydrogens (tertiary/aromatic N) is 1. The first-order chi connectivity index (χ1) is 8.79. The average molecular weight is 247 g/mol. The number of anilines is 1. The fraction of sp³-hybridized carbons (Fsp3) is 0.167. The molecule has 0 aliphatic heterocycles. The number of hydrogen-bond donors (Lipinski definition) is 2. The summed E-state index contributed by atoms with van der Waals surface area (Å²) in [7, 11) is 1.55. The molecule has 0 aliphatic carbocycles. The molecule has 6 nitrogen and oxygen atoms in total. The zero-order valence-electron chi connectivity index (χ0n) is 9.84. The number of benzene rings is 1. The molecule has 0 radical (unpaired) electrons. The maximum atomic E-state index is 11.6. The van der Waals surface area contributed by atoms with Crippen molar-refractivity contribution >= 4 is 11.7 Å². The SMILES string of the molecule is COc1ccccc1OCC(=O)Nc1ccn[nH]1. The average Bonchev–Trinajstić information content (AvgIpc) is 2.89. The molecule has 0 saturated carbocycles. The van der Waals surface area contributed by atoms with Crippen LogP contribution in [0.1, 0.15) is 0 Å². The zero-order chi connectivity index (χ0) is 12.8. The summed E-state index contributed by atoms with van der Waals surface area (Å²) in [6, 6.07) is 8.80. The highest BCUT2D eigenvalue weighted by Crippen LogP contribution is 2.25. The normalized spacial score (nSPS) is 9.83. The van der Waals surface area contributed by atoms with E-state index in [9.17, 15) is 4.79 Å². The van der Waals surface area contributed by atoms with Crippen molar-refractivity contribution in [3.05, 3.63) is 36.5 Å². The van der Waals surface area contributed by atoms with Crippen LogP contribution in [0.3, 0.4) is 0 Å². The molecular weight excluding hydrogens is 234 g/mol. The Bertz CT molecular complexity index is 511. The van der Waals surface area contributed by atoms with E-state index in [4.69, 9.17) is 9.47 Å². The number of carbonyl (C=O) groups is 1. The molecule has 0 spiro atoms. The quantitative estimate of drug-likeness (QED) is 0.838. The van der Waals surface area contributed by atoms with Crippen molar-refractivity contribution < 1.29 is 14.3 Å². The van der Waals surface area contributed by atoms with Crippen LogP contribution < -0.4 is 14.8 Å². The Morgan fingerprint density at radius 3 is 2.78 bits per heavy atom. The summed E-state index contributed by atoms with van der Waals surface area (Å²) in [4.78, 5) is 11.6. The van der Waals surface area contributed by atoms with E-state index in [1.54, 1.807) is 31.5 Å². The zero-order valence-corrected chi connectivity index (χ0v) is 9.84. The van der Waals surface area contributed by atoms with Gasteiger partial charge in [-0.3, -0.25) is 9.89 Å². The fourth-order valence-corrected chi connectivity index (χ4v) is 1.39. The summed E-state index contributed by atoms with van der Waals surface area (Å²) in [6.07, 6.45) is 1.55. The summed E-state index contributed by atoms with van der Waals surface area (Å²) in [5.74, 6) is 1.38. The maximum Gasteiger partial charge on any atom is 0.263 e. The van der Waals surface area contributed by atoms with Gasteiger partial charge in [-0.2, -0.15) is 5.10 Å². The molecule has 94 valence electrons. The first-order valence-electron chi connectivity index (χ1n) is 5.34. The molecule has 2 aromatic rings. The lowest BCUT2D eigenvalue weighted by Gasteiger charge is -2.09. The number of nitrogens with one attached hydrogen (secondary N) is 2. The minimum atomic E-state index is -0.273. The van der Waals surface area contributed by atoms with Crippen LogP contribution in [0.5, 0.6) is 11.5 Å². The van der Waals surface area contributed by atoms with E-state index in [-0.39, 0.29) is 12.5 Å². The smallest absolute Gasteiger partial charge is 0.263 e. The van der Waals surface area contributed by atoms with Crippen LogP contribution in [0.15, 0.2) is 36.5 Å². The van der Waals surface area contributed by atoms with Crippen molar-refractivity contribution in [2.75, 3.05) is 19.0 Å². The van der Waals surface area contributed by atoms with Crippen LogP contribution in [0, 0.1) is 0 Å². The highest BCUT2D eigenvalue weighted by Gasteiger charge is 2.07. The second-order valence-electron chi connectivity index (χ2n) is 3.46. The van der Waals surface area contributed by atoms with Crippen LogP contribution in [0.4, 0.5) is 5.82 Å². The Balaban J connectivity index is 1.89.